The molecule has 14 heteroatoms. The van der Waals surface area contributed by atoms with E-state index in [4.69, 9.17) is 4.74 Å². The Balaban J connectivity index is 1.15. The minimum atomic E-state index is -4.71. The van der Waals surface area contributed by atoms with E-state index in [0.29, 0.717) is 31.7 Å². The van der Waals surface area contributed by atoms with Crippen LogP contribution in [-0.4, -0.2) is 73.6 Å². The highest BCUT2D eigenvalue weighted by Crippen LogP contribution is 2.43. The van der Waals surface area contributed by atoms with E-state index in [-0.39, 0.29) is 55.5 Å². The lowest BCUT2D eigenvalue weighted by molar-refractivity contribution is -0.137. The summed E-state index contributed by atoms with van der Waals surface area (Å²) in [4.78, 5) is 28.3. The fourth-order valence-electron chi connectivity index (χ4n) is 5.94. The van der Waals surface area contributed by atoms with E-state index in [0.717, 1.165) is 16.4 Å². The van der Waals surface area contributed by atoms with E-state index >= 15 is 4.39 Å². The molecule has 2 atom stereocenters. The second kappa shape index (κ2) is 10.8. The molecule has 3 aliphatic heterocycles. The number of hydrogen-bond donors (Lipinski definition) is 1. The third-order valence-electron chi connectivity index (χ3n) is 8.74. The number of benzene rings is 2. The van der Waals surface area contributed by atoms with Crippen molar-refractivity contribution in [3.63, 3.8) is 0 Å². The lowest BCUT2D eigenvalue weighted by atomic mass is 9.89. The number of alkyl halides is 4. The van der Waals surface area contributed by atoms with Crippen LogP contribution in [0.4, 0.5) is 22.0 Å². The molecule has 1 N–H and O–H groups in total. The second-order valence-corrected chi connectivity index (χ2v) is 13.9. The molecule has 4 aliphatic rings. The van der Waals surface area contributed by atoms with Gasteiger partial charge in [0.15, 0.2) is 5.67 Å². The lowest BCUT2D eigenvalue weighted by Crippen LogP contribution is -2.62. The summed E-state index contributed by atoms with van der Waals surface area (Å²) < 4.78 is 101. The maximum atomic E-state index is 15.7. The Morgan fingerprint density at radius 1 is 1.05 bits per heavy atom. The molecule has 4 fully saturated rings. The van der Waals surface area contributed by atoms with Crippen LogP contribution in [-0.2, 0) is 31.4 Å². The summed E-state index contributed by atoms with van der Waals surface area (Å²) in [5, 5.41) is 2.10. The molecule has 2 aromatic rings. The first-order valence-electron chi connectivity index (χ1n) is 14.1. The molecule has 0 radical (unpaired) electrons. The lowest BCUT2D eigenvalue weighted by Gasteiger charge is -2.46. The minimum absolute atomic E-state index is 0.0398. The molecule has 232 valence electrons. The first-order chi connectivity index (χ1) is 20.3. The molecule has 1 unspecified atom stereocenters. The summed E-state index contributed by atoms with van der Waals surface area (Å²) in [6, 6.07) is 6.37. The highest BCUT2D eigenvalue weighted by molar-refractivity contribution is 7.89. The van der Waals surface area contributed by atoms with Gasteiger partial charge in [0.1, 0.15) is 17.1 Å². The third kappa shape index (κ3) is 5.64. The molecule has 3 saturated heterocycles. The van der Waals surface area contributed by atoms with Crippen LogP contribution in [0.3, 0.4) is 0 Å². The molecule has 0 bridgehead atoms. The number of halogens is 5. The van der Waals surface area contributed by atoms with Crippen molar-refractivity contribution in [2.24, 2.45) is 5.92 Å². The van der Waals surface area contributed by atoms with Gasteiger partial charge in [-0.05, 0) is 61.4 Å². The van der Waals surface area contributed by atoms with E-state index in [9.17, 15) is 35.6 Å². The Hall–Kier alpha value is -3.10. The van der Waals surface area contributed by atoms with Gasteiger partial charge in [-0.15, -0.1) is 0 Å². The number of amides is 2. The quantitative estimate of drug-likeness (QED) is 0.448. The van der Waals surface area contributed by atoms with Crippen LogP contribution in [0.15, 0.2) is 42.5 Å². The summed E-state index contributed by atoms with van der Waals surface area (Å²) in [7, 11) is -3.67. The van der Waals surface area contributed by atoms with E-state index in [2.05, 4.69) is 5.32 Å². The monoisotopic (exact) mass is 627 g/mol. The van der Waals surface area contributed by atoms with Gasteiger partial charge in [-0.2, -0.15) is 17.5 Å². The number of carbonyl (C=O) groups excluding carboxylic acids is 2. The molecular weight excluding hydrogens is 597 g/mol. The Kier molecular flexibility index (Phi) is 7.53. The predicted molar refractivity (Wildman–Crippen MR) is 143 cm³/mol. The number of rotatable bonds is 8. The van der Waals surface area contributed by atoms with Crippen molar-refractivity contribution in [1.29, 1.82) is 0 Å². The number of nitrogens with one attached hydrogen (secondary N) is 1. The molecule has 1 saturated carbocycles. The van der Waals surface area contributed by atoms with Crippen molar-refractivity contribution in [2.75, 3.05) is 32.8 Å². The molecule has 2 aromatic carbocycles. The van der Waals surface area contributed by atoms with Gasteiger partial charge in [-0.25, -0.2) is 17.2 Å². The SMILES string of the molecule is O=C(NC(c1ccc(C(F)(F)F)cc1F)C1CC1)[C@H]1CCCN1C(=O)c1cccc(C2(F)CN(S(=O)(=O)C3COC3)C2)c1. The normalized spacial score (nSPS) is 23.4. The average Bonchev–Trinajstić information content (AvgIpc) is 3.63. The highest BCUT2D eigenvalue weighted by Gasteiger charge is 2.53. The standard InChI is InChI=1S/C29H30F5N3O5S/c30-23-12-20(29(32,33)34)8-9-22(23)25(17-6-7-17)35-26(38)24-5-2-10-37(24)27(39)18-3-1-4-19(11-18)28(31)15-36(16-28)43(40,41)21-13-42-14-21/h1,3-4,8-9,11-12,17,21,24-25H,2,5-7,10,13-16H2,(H,35,38)/t24-,25?/m1/s1. The van der Waals surface area contributed by atoms with Crippen molar-refractivity contribution in [3.8, 4) is 0 Å². The number of carbonyl (C=O) groups is 2. The summed E-state index contributed by atoms with van der Waals surface area (Å²) in [6.07, 6.45) is -2.53. The maximum Gasteiger partial charge on any atom is 0.416 e. The second-order valence-electron chi connectivity index (χ2n) is 11.7. The van der Waals surface area contributed by atoms with Gasteiger partial charge in [0.05, 0.1) is 37.9 Å². The molecule has 2 amide bonds. The van der Waals surface area contributed by atoms with E-state index in [1.165, 1.54) is 29.2 Å². The zero-order chi connectivity index (χ0) is 30.7. The highest BCUT2D eigenvalue weighted by atomic mass is 32.2. The Labute approximate surface area is 245 Å². The van der Waals surface area contributed by atoms with Crippen molar-refractivity contribution in [3.05, 3.63) is 70.5 Å². The van der Waals surface area contributed by atoms with Gasteiger partial charge in [0, 0.05) is 17.7 Å². The number of nitrogens with zero attached hydrogens (tertiary/aromatic N) is 2. The van der Waals surface area contributed by atoms with Crippen molar-refractivity contribution < 1.29 is 44.7 Å². The van der Waals surface area contributed by atoms with Gasteiger partial charge in [-0.1, -0.05) is 18.2 Å². The minimum Gasteiger partial charge on any atom is -0.378 e. The van der Waals surface area contributed by atoms with Crippen LogP contribution in [0.2, 0.25) is 0 Å². The molecule has 43 heavy (non-hydrogen) atoms. The molecule has 1 aliphatic carbocycles. The van der Waals surface area contributed by atoms with Crippen LogP contribution in [0.25, 0.3) is 0 Å². The van der Waals surface area contributed by atoms with Crippen LogP contribution >= 0.6 is 0 Å². The zero-order valence-corrected chi connectivity index (χ0v) is 23.8. The Bertz CT molecular complexity index is 1540. The van der Waals surface area contributed by atoms with Crippen LogP contribution < -0.4 is 5.32 Å². The summed E-state index contributed by atoms with van der Waals surface area (Å²) >= 11 is 0. The largest absolute Gasteiger partial charge is 0.416 e. The van der Waals surface area contributed by atoms with Crippen molar-refractivity contribution in [2.45, 2.75) is 54.9 Å². The fourth-order valence-corrected chi connectivity index (χ4v) is 7.66. The van der Waals surface area contributed by atoms with Crippen molar-refractivity contribution >= 4 is 21.8 Å². The number of ether oxygens (including phenoxy) is 1. The van der Waals surface area contributed by atoms with Crippen LogP contribution in [0.1, 0.15) is 58.8 Å². The van der Waals surface area contributed by atoms with Gasteiger partial charge in [0.2, 0.25) is 15.9 Å². The topological polar surface area (TPSA) is 96.0 Å². The van der Waals surface area contributed by atoms with Gasteiger partial charge in [0.25, 0.3) is 5.91 Å². The van der Waals surface area contributed by atoms with Gasteiger partial charge in [-0.3, -0.25) is 9.59 Å². The van der Waals surface area contributed by atoms with Crippen molar-refractivity contribution in [1.82, 2.24) is 14.5 Å². The molecule has 0 aromatic heterocycles. The Morgan fingerprint density at radius 2 is 1.77 bits per heavy atom. The summed E-state index contributed by atoms with van der Waals surface area (Å²) in [5.74, 6) is -2.25. The first-order valence-corrected chi connectivity index (χ1v) is 15.6. The fraction of sp³-hybridized carbons (Fsp3) is 0.517. The molecule has 0 spiro atoms. The smallest absolute Gasteiger partial charge is 0.378 e. The van der Waals surface area contributed by atoms with Gasteiger partial charge >= 0.3 is 6.18 Å². The van der Waals surface area contributed by atoms with Crippen LogP contribution in [0.5, 0.6) is 0 Å². The van der Waals surface area contributed by atoms with E-state index in [1.807, 2.05) is 0 Å². The van der Waals surface area contributed by atoms with Crippen LogP contribution in [0, 0.1) is 11.7 Å². The van der Waals surface area contributed by atoms with E-state index < -0.39 is 62.4 Å². The van der Waals surface area contributed by atoms with E-state index in [1.54, 1.807) is 0 Å². The Morgan fingerprint density at radius 3 is 2.37 bits per heavy atom. The molecular formula is C29H30F5N3O5S. The third-order valence-corrected chi connectivity index (χ3v) is 10.8. The predicted octanol–water partition coefficient (Wildman–Crippen LogP) is 3.93. The maximum absolute atomic E-state index is 15.7. The average molecular weight is 628 g/mol. The van der Waals surface area contributed by atoms with Gasteiger partial charge < -0.3 is 15.0 Å². The summed E-state index contributed by atoms with van der Waals surface area (Å²) in [6.45, 7) is -0.344. The number of sulfonamides is 1. The number of likely N-dealkylation sites (tertiary alicyclic amines) is 1. The first kappa shape index (κ1) is 29.9. The number of hydrogen-bond acceptors (Lipinski definition) is 5. The molecule has 3 heterocycles. The molecule has 8 nitrogen and oxygen atoms in total. The summed E-state index contributed by atoms with van der Waals surface area (Å²) in [5.41, 5.74) is -2.85. The molecule has 6 rings (SSSR count). The zero-order valence-electron chi connectivity index (χ0n) is 22.9.